The molecule has 0 saturated heterocycles. The lowest BCUT2D eigenvalue weighted by molar-refractivity contribution is -0.121. The van der Waals surface area contributed by atoms with Gasteiger partial charge in [0.2, 0.25) is 0 Å². The van der Waals surface area contributed by atoms with E-state index in [0.717, 1.165) is 5.56 Å². The first-order valence-electron chi connectivity index (χ1n) is 16.8. The van der Waals surface area contributed by atoms with Crippen LogP contribution in [-0.2, 0) is 64.9 Å². The maximum atomic E-state index is 13.3. The highest BCUT2D eigenvalue weighted by Crippen LogP contribution is 2.47. The number of rotatable bonds is 32. The van der Waals surface area contributed by atoms with Crippen molar-refractivity contribution in [3.05, 3.63) is 47.8 Å². The minimum Gasteiger partial charge on any atom is -0.378 e. The van der Waals surface area contributed by atoms with Gasteiger partial charge in [-0.3, -0.25) is 9.36 Å². The van der Waals surface area contributed by atoms with Crippen LogP contribution in [0.4, 0.5) is 4.20 Å². The molecule has 0 aliphatic heterocycles. The van der Waals surface area contributed by atoms with Crippen molar-refractivity contribution in [2.24, 2.45) is 5.10 Å². The number of hydrazone groups is 1. The summed E-state index contributed by atoms with van der Waals surface area (Å²) in [6, 6.07) is 9.44. The van der Waals surface area contributed by atoms with Gasteiger partial charge in [-0.15, -0.1) is 5.10 Å². The number of hydrogen-bond acceptors (Lipinski definition) is 14. The topological polar surface area (TPSA) is 172 Å². The molecule has 1 unspecified atom stereocenters. The third kappa shape index (κ3) is 27.1. The molecule has 1 N–H and O–H groups in total. The van der Waals surface area contributed by atoms with Gasteiger partial charge in [0.25, 0.3) is 5.91 Å². The van der Waals surface area contributed by atoms with Crippen LogP contribution >= 0.6 is 7.68 Å². The highest BCUT2D eigenvalue weighted by Gasteiger charge is 2.20. The van der Waals surface area contributed by atoms with Crippen LogP contribution in [0.15, 0.2) is 41.6 Å². The van der Waals surface area contributed by atoms with E-state index < -0.39 is 7.68 Å². The second-order valence-corrected chi connectivity index (χ2v) is 11.6. The number of hydrogen-bond donors (Lipinski definition) is 1. The Hall–Kier alpha value is -2.70. The Morgan fingerprint density at radius 3 is 1.72 bits per heavy atom. The van der Waals surface area contributed by atoms with Crippen LogP contribution in [0.25, 0.3) is 0 Å². The molecule has 16 nitrogen and oxygen atoms in total. The van der Waals surface area contributed by atoms with Crippen LogP contribution < -0.4 is 5.43 Å². The number of ether oxygens (including phenoxy) is 8. The lowest BCUT2D eigenvalue weighted by Crippen LogP contribution is -2.23. The molecule has 0 aliphatic rings. The minimum atomic E-state index is -4.03. The van der Waals surface area contributed by atoms with Crippen LogP contribution in [0.1, 0.15) is 32.0 Å². The first-order chi connectivity index (χ1) is 24.5. The smallest absolute Gasteiger partial charge is 0.369 e. The molecule has 50 heavy (non-hydrogen) atoms. The Bertz CT molecular complexity index is 1150. The van der Waals surface area contributed by atoms with E-state index in [1.54, 1.807) is 19.3 Å². The second kappa shape index (κ2) is 32.2. The van der Waals surface area contributed by atoms with Gasteiger partial charge < -0.3 is 42.4 Å². The summed E-state index contributed by atoms with van der Waals surface area (Å²) in [6.07, 6.45) is 2.95. The molecule has 1 aromatic heterocycles. The second-order valence-electron chi connectivity index (χ2n) is 9.68. The van der Waals surface area contributed by atoms with E-state index in [1.165, 1.54) is 4.68 Å². The Kier molecular flexibility index (Phi) is 29.2. The van der Waals surface area contributed by atoms with Gasteiger partial charge in [0, 0.05) is 0 Å². The SMILES string of the molecule is CC.CCOP(=O)(F)CCOCCOCCOCCOCCOCCOCCOCCOCc1cn(CC(=O)N/N=C/c2ccccc2)nn1. The zero-order valence-corrected chi connectivity index (χ0v) is 30.5. The summed E-state index contributed by atoms with van der Waals surface area (Å²) in [5, 5.41) is 11.8. The van der Waals surface area contributed by atoms with Crippen molar-refractivity contribution < 1.29 is 56.0 Å². The predicted octanol–water partition coefficient (Wildman–Crippen LogP) is 3.29. The summed E-state index contributed by atoms with van der Waals surface area (Å²) in [4.78, 5) is 12.0. The Labute approximate surface area is 294 Å². The quantitative estimate of drug-likeness (QED) is 0.0503. The van der Waals surface area contributed by atoms with Gasteiger partial charge in [0.1, 0.15) is 12.2 Å². The predicted molar refractivity (Wildman–Crippen MR) is 184 cm³/mol. The highest BCUT2D eigenvalue weighted by molar-refractivity contribution is 7.53. The molecule has 1 amide bonds. The van der Waals surface area contributed by atoms with E-state index in [9.17, 15) is 13.6 Å². The van der Waals surface area contributed by atoms with E-state index in [-0.39, 0.29) is 45.0 Å². The largest absolute Gasteiger partial charge is 0.378 e. The zero-order chi connectivity index (χ0) is 36.4. The maximum Gasteiger partial charge on any atom is 0.369 e. The van der Waals surface area contributed by atoms with Crippen molar-refractivity contribution >= 4 is 19.8 Å². The van der Waals surface area contributed by atoms with Crippen molar-refractivity contribution in [3.8, 4) is 0 Å². The van der Waals surface area contributed by atoms with Crippen LogP contribution in [0, 0.1) is 0 Å². The molecule has 2 rings (SSSR count). The van der Waals surface area contributed by atoms with Gasteiger partial charge in [0.05, 0.1) is 131 Å². The number of halogens is 1. The van der Waals surface area contributed by atoms with Crippen molar-refractivity contribution in [1.82, 2.24) is 20.4 Å². The molecule has 0 radical (unpaired) electrons. The molecule has 0 aliphatic carbocycles. The fourth-order valence-corrected chi connectivity index (χ4v) is 4.39. The molecule has 0 fully saturated rings. The average molecular weight is 736 g/mol. The maximum absolute atomic E-state index is 13.3. The van der Waals surface area contributed by atoms with Crippen LogP contribution in [0.2, 0.25) is 0 Å². The molecular formula is C32H55FN5O11P. The number of carbonyl (C=O) groups excluding carboxylic acids is 1. The fraction of sp³-hybridized carbons (Fsp3) is 0.688. The molecule has 1 atom stereocenters. The van der Waals surface area contributed by atoms with Crippen molar-refractivity contribution in [3.63, 3.8) is 0 Å². The van der Waals surface area contributed by atoms with Crippen LogP contribution in [-0.4, -0.2) is 139 Å². The van der Waals surface area contributed by atoms with Crippen molar-refractivity contribution in [1.29, 1.82) is 0 Å². The summed E-state index contributed by atoms with van der Waals surface area (Å²) in [5.41, 5.74) is 3.94. The molecule has 1 heterocycles. The summed E-state index contributed by atoms with van der Waals surface area (Å²) in [7, 11) is -4.03. The molecule has 286 valence electrons. The number of amides is 1. The normalized spacial score (nSPS) is 12.5. The van der Waals surface area contributed by atoms with Crippen molar-refractivity contribution in [2.75, 3.05) is 112 Å². The van der Waals surface area contributed by atoms with Gasteiger partial charge in [-0.2, -0.15) is 9.30 Å². The first kappa shape index (κ1) is 45.3. The Balaban J connectivity index is 0.00000613. The number of nitrogens with zero attached hydrogens (tertiary/aromatic N) is 4. The number of benzene rings is 1. The molecular weight excluding hydrogens is 680 g/mol. The van der Waals surface area contributed by atoms with Crippen LogP contribution in [0.3, 0.4) is 0 Å². The molecule has 0 spiro atoms. The van der Waals surface area contributed by atoms with Gasteiger partial charge in [-0.05, 0) is 12.5 Å². The van der Waals surface area contributed by atoms with E-state index >= 15 is 0 Å². The minimum absolute atomic E-state index is 0.0101. The lowest BCUT2D eigenvalue weighted by atomic mass is 10.2. The number of carbonyl (C=O) groups is 1. The first-order valence-corrected chi connectivity index (χ1v) is 18.5. The van der Waals surface area contributed by atoms with Gasteiger partial charge in [-0.1, -0.05) is 49.4 Å². The average Bonchev–Trinajstić information content (AvgIpc) is 3.56. The van der Waals surface area contributed by atoms with E-state index in [1.807, 2.05) is 44.2 Å². The van der Waals surface area contributed by atoms with Gasteiger partial charge in [-0.25, -0.2) is 10.1 Å². The molecule has 0 saturated carbocycles. The van der Waals surface area contributed by atoms with Gasteiger partial charge in [0.15, 0.2) is 0 Å². The standard InChI is InChI=1S/C30H49FN5O11P.C2H6/c1-2-47-48(31,38)23-22-45-19-18-43-15-14-41-11-10-39-8-9-40-12-13-42-16-17-44-20-21-46-27-29-25-36(35-33-29)26-30(37)34-32-24-28-6-4-3-5-7-28;1-2/h3-7,24-25H,2,8-23,26-27H2,1H3,(H,34,37);1-2H3/b32-24+;. The summed E-state index contributed by atoms with van der Waals surface area (Å²) < 4.78 is 73.8. The van der Waals surface area contributed by atoms with E-state index in [2.05, 4.69) is 25.4 Å². The Morgan fingerprint density at radius 1 is 0.780 bits per heavy atom. The highest BCUT2D eigenvalue weighted by atomic mass is 31.2. The van der Waals surface area contributed by atoms with Gasteiger partial charge >= 0.3 is 7.68 Å². The fourth-order valence-electron chi connectivity index (χ4n) is 3.53. The summed E-state index contributed by atoms with van der Waals surface area (Å²) >= 11 is 0. The molecule has 2 aromatic rings. The molecule has 1 aromatic carbocycles. The third-order valence-electron chi connectivity index (χ3n) is 5.77. The summed E-state index contributed by atoms with van der Waals surface area (Å²) in [5.74, 6) is -0.318. The monoisotopic (exact) mass is 735 g/mol. The van der Waals surface area contributed by atoms with Crippen molar-refractivity contribution in [2.45, 2.75) is 33.9 Å². The lowest BCUT2D eigenvalue weighted by Gasteiger charge is -2.09. The number of aromatic nitrogens is 3. The van der Waals surface area contributed by atoms with E-state index in [0.29, 0.717) is 91.6 Å². The molecule has 18 heteroatoms. The number of nitrogens with one attached hydrogen (secondary N) is 1. The zero-order valence-electron chi connectivity index (χ0n) is 29.6. The van der Waals surface area contributed by atoms with Crippen LogP contribution in [0.5, 0.6) is 0 Å². The third-order valence-corrected chi connectivity index (χ3v) is 7.13. The van der Waals surface area contributed by atoms with E-state index in [4.69, 9.17) is 37.9 Å². The summed E-state index contributed by atoms with van der Waals surface area (Å²) in [6.45, 7) is 11.7. The molecule has 0 bridgehead atoms. The Morgan fingerprint density at radius 2 is 1.24 bits per heavy atom.